The third-order valence-corrected chi connectivity index (χ3v) is 7.56. The van der Waals surface area contributed by atoms with Gasteiger partial charge in [-0.15, -0.1) is 10.2 Å². The number of piperazine rings is 1. The van der Waals surface area contributed by atoms with Gasteiger partial charge < -0.3 is 14.9 Å². The molecule has 1 fully saturated rings. The predicted molar refractivity (Wildman–Crippen MR) is 150 cm³/mol. The topological polar surface area (TPSA) is 98.2 Å². The Morgan fingerprint density at radius 1 is 1.08 bits per heavy atom. The second kappa shape index (κ2) is 9.67. The first-order valence-electron chi connectivity index (χ1n) is 12.4. The van der Waals surface area contributed by atoms with E-state index in [4.69, 9.17) is 16.7 Å². The van der Waals surface area contributed by atoms with Crippen molar-refractivity contribution in [3.63, 3.8) is 0 Å². The van der Waals surface area contributed by atoms with Gasteiger partial charge in [-0.1, -0.05) is 30.3 Å². The summed E-state index contributed by atoms with van der Waals surface area (Å²) in [7, 11) is 0. The molecule has 0 aliphatic carbocycles. The number of carbonyl (C=O) groups excluding carboxylic acids is 1. The molecule has 0 radical (unpaired) electrons. The monoisotopic (exact) mass is 542 g/mol. The van der Waals surface area contributed by atoms with Crippen LogP contribution in [-0.4, -0.2) is 62.5 Å². The smallest absolute Gasteiger partial charge is 0.246 e. The van der Waals surface area contributed by atoms with E-state index in [0.717, 1.165) is 27.4 Å². The van der Waals surface area contributed by atoms with Crippen LogP contribution in [0.15, 0.2) is 61.3 Å². The van der Waals surface area contributed by atoms with Crippen molar-refractivity contribution in [1.82, 2.24) is 25.3 Å². The molecule has 1 amide bonds. The molecule has 196 valence electrons. The fourth-order valence-corrected chi connectivity index (χ4v) is 5.52. The summed E-state index contributed by atoms with van der Waals surface area (Å²) in [4.78, 5) is 15.9. The molecule has 0 unspecified atom stereocenters. The highest BCUT2D eigenvalue weighted by Crippen LogP contribution is 2.43. The Bertz CT molecular complexity index is 1760. The van der Waals surface area contributed by atoms with Crippen LogP contribution in [0.25, 0.3) is 44.1 Å². The van der Waals surface area contributed by atoms with Crippen molar-refractivity contribution in [3.8, 4) is 28.1 Å². The van der Waals surface area contributed by atoms with E-state index in [-0.39, 0.29) is 22.2 Å². The molecule has 6 rings (SSSR count). The molecule has 1 saturated heterocycles. The maximum atomic E-state index is 15.0. The molecule has 0 spiro atoms. The van der Waals surface area contributed by atoms with Crippen LogP contribution >= 0.6 is 11.6 Å². The molecule has 10 heteroatoms. The van der Waals surface area contributed by atoms with Crippen molar-refractivity contribution in [2.24, 2.45) is 0 Å². The third-order valence-electron chi connectivity index (χ3n) is 7.24. The largest absolute Gasteiger partial charge is 0.507 e. The Labute approximate surface area is 228 Å². The number of aromatic nitrogens is 4. The summed E-state index contributed by atoms with van der Waals surface area (Å²) in [6.45, 7) is 7.68. The molecule has 3 aromatic carbocycles. The normalized spacial score (nSPS) is 13.8. The van der Waals surface area contributed by atoms with Gasteiger partial charge in [-0.3, -0.25) is 9.89 Å². The molecule has 5 aromatic rings. The van der Waals surface area contributed by atoms with Gasteiger partial charge in [0.15, 0.2) is 5.82 Å². The molecule has 39 heavy (non-hydrogen) atoms. The van der Waals surface area contributed by atoms with E-state index in [0.29, 0.717) is 48.6 Å². The number of nitrogens with zero attached hydrogens (tertiary/aromatic N) is 5. The van der Waals surface area contributed by atoms with Gasteiger partial charge in [-0.2, -0.15) is 5.10 Å². The number of anilines is 1. The standard InChI is InChI=1S/C29H24ClFN6O2/c1-3-25(39)36-9-11-37(12-10-36)29-18-14-21(30)19(27-22(31)5-4-6-24(27)38)13-17(18)28(34-35-29)26-16(2)7-8-23-20(26)15-32-33-23/h3-8,13-15,38H,1,9-12H2,2H3,(H,32,33). The second-order valence-corrected chi connectivity index (χ2v) is 9.90. The SMILES string of the molecule is C=CC(=O)N1CCN(c2nnc(-c3c(C)ccc4[nH]ncc34)c3cc(-c4c(O)cccc4F)c(Cl)cc23)CC1. The number of rotatable bonds is 4. The summed E-state index contributed by atoms with van der Waals surface area (Å²) in [5.74, 6) is -0.294. The number of phenols is 1. The Balaban J connectivity index is 1.59. The number of amides is 1. The second-order valence-electron chi connectivity index (χ2n) is 9.49. The number of carbonyl (C=O) groups is 1. The van der Waals surface area contributed by atoms with E-state index in [2.05, 4.69) is 26.8 Å². The van der Waals surface area contributed by atoms with E-state index in [9.17, 15) is 14.3 Å². The minimum absolute atomic E-state index is 0.0171. The van der Waals surface area contributed by atoms with Crippen LogP contribution < -0.4 is 4.90 Å². The zero-order valence-electron chi connectivity index (χ0n) is 21.1. The molecular formula is C29H24ClFN6O2. The van der Waals surface area contributed by atoms with Gasteiger partial charge in [0.1, 0.15) is 17.3 Å². The zero-order chi connectivity index (χ0) is 27.3. The van der Waals surface area contributed by atoms with E-state index >= 15 is 0 Å². The Morgan fingerprint density at radius 2 is 1.87 bits per heavy atom. The highest BCUT2D eigenvalue weighted by molar-refractivity contribution is 6.34. The number of hydrogen-bond donors (Lipinski definition) is 2. The van der Waals surface area contributed by atoms with Crippen molar-refractivity contribution >= 4 is 45.0 Å². The average Bonchev–Trinajstić information content (AvgIpc) is 3.41. The van der Waals surface area contributed by atoms with Crippen LogP contribution in [0.1, 0.15) is 5.56 Å². The number of aryl methyl sites for hydroxylation is 1. The fraction of sp³-hybridized carbons (Fsp3) is 0.172. The number of nitrogens with one attached hydrogen (secondary N) is 1. The summed E-state index contributed by atoms with van der Waals surface area (Å²) >= 11 is 6.76. The Morgan fingerprint density at radius 3 is 2.62 bits per heavy atom. The Kier molecular flexibility index (Phi) is 6.15. The van der Waals surface area contributed by atoms with Crippen LogP contribution in [0.3, 0.4) is 0 Å². The fourth-order valence-electron chi connectivity index (χ4n) is 5.26. The molecule has 0 bridgehead atoms. The molecule has 0 saturated carbocycles. The van der Waals surface area contributed by atoms with Crippen LogP contribution in [0.2, 0.25) is 5.02 Å². The van der Waals surface area contributed by atoms with Crippen molar-refractivity contribution in [2.45, 2.75) is 6.92 Å². The lowest BCUT2D eigenvalue weighted by molar-refractivity contribution is -0.126. The van der Waals surface area contributed by atoms with Crippen LogP contribution in [0, 0.1) is 12.7 Å². The molecule has 1 aliphatic heterocycles. The minimum Gasteiger partial charge on any atom is -0.507 e. The maximum Gasteiger partial charge on any atom is 0.246 e. The summed E-state index contributed by atoms with van der Waals surface area (Å²) in [5.41, 5.74) is 3.61. The first kappa shape index (κ1) is 24.8. The minimum atomic E-state index is -0.587. The number of hydrogen-bond acceptors (Lipinski definition) is 6. The number of halogens is 2. The van der Waals surface area contributed by atoms with E-state index in [1.165, 1.54) is 24.3 Å². The number of benzene rings is 3. The van der Waals surface area contributed by atoms with Gasteiger partial charge >= 0.3 is 0 Å². The first-order chi connectivity index (χ1) is 18.9. The number of phenolic OH excluding ortho intramolecular Hbond substituents is 1. The number of aromatic hydroxyl groups is 1. The summed E-state index contributed by atoms with van der Waals surface area (Å²) in [5, 5.41) is 29.7. The molecule has 3 heterocycles. The lowest BCUT2D eigenvalue weighted by Gasteiger charge is -2.35. The molecule has 1 aliphatic rings. The van der Waals surface area contributed by atoms with E-state index in [1.54, 1.807) is 23.2 Å². The lowest BCUT2D eigenvalue weighted by Crippen LogP contribution is -2.48. The summed E-state index contributed by atoms with van der Waals surface area (Å²) in [6, 6.07) is 11.6. The van der Waals surface area contributed by atoms with Gasteiger partial charge in [0.25, 0.3) is 0 Å². The van der Waals surface area contributed by atoms with Crippen molar-refractivity contribution in [2.75, 3.05) is 31.1 Å². The first-order valence-corrected chi connectivity index (χ1v) is 12.8. The molecule has 0 atom stereocenters. The molecule has 2 N–H and O–H groups in total. The Hall–Kier alpha value is -4.50. The molecular weight excluding hydrogens is 519 g/mol. The number of fused-ring (bicyclic) bond motifs is 2. The van der Waals surface area contributed by atoms with Gasteiger partial charge in [-0.05, 0) is 48.9 Å². The van der Waals surface area contributed by atoms with Gasteiger partial charge in [0, 0.05) is 58.5 Å². The number of H-pyrrole nitrogens is 1. The third kappa shape index (κ3) is 4.15. The van der Waals surface area contributed by atoms with Crippen LogP contribution in [0.5, 0.6) is 5.75 Å². The predicted octanol–water partition coefficient (Wildman–Crippen LogP) is 5.48. The van der Waals surface area contributed by atoms with Crippen molar-refractivity contribution in [1.29, 1.82) is 0 Å². The van der Waals surface area contributed by atoms with Gasteiger partial charge in [-0.25, -0.2) is 4.39 Å². The van der Waals surface area contributed by atoms with Crippen molar-refractivity contribution in [3.05, 3.63) is 77.7 Å². The van der Waals surface area contributed by atoms with Crippen LogP contribution in [-0.2, 0) is 4.79 Å². The van der Waals surface area contributed by atoms with E-state index in [1.807, 2.05) is 19.1 Å². The quantitative estimate of drug-likeness (QED) is 0.292. The summed E-state index contributed by atoms with van der Waals surface area (Å²) in [6.07, 6.45) is 3.06. The lowest BCUT2D eigenvalue weighted by atomic mass is 9.94. The highest BCUT2D eigenvalue weighted by Gasteiger charge is 2.26. The van der Waals surface area contributed by atoms with Gasteiger partial charge in [0.05, 0.1) is 17.3 Å². The number of aromatic amines is 1. The molecule has 8 nitrogen and oxygen atoms in total. The van der Waals surface area contributed by atoms with Crippen molar-refractivity contribution < 1.29 is 14.3 Å². The average molecular weight is 543 g/mol. The molecule has 2 aromatic heterocycles. The van der Waals surface area contributed by atoms with Gasteiger partial charge in [0.2, 0.25) is 5.91 Å². The van der Waals surface area contributed by atoms with E-state index < -0.39 is 5.82 Å². The summed E-state index contributed by atoms with van der Waals surface area (Å²) < 4.78 is 15.0. The zero-order valence-corrected chi connectivity index (χ0v) is 21.8. The van der Waals surface area contributed by atoms with Crippen LogP contribution in [0.4, 0.5) is 10.2 Å². The maximum absolute atomic E-state index is 15.0. The highest BCUT2D eigenvalue weighted by atomic mass is 35.5.